The molecule has 2 N–H and O–H groups in total. The SMILES string of the molecule is CC1(C)CNCC(CO)N1c1ccc(C#N)cc1. The van der Waals surface area contributed by atoms with Gasteiger partial charge in [0.25, 0.3) is 0 Å². The second-order valence-corrected chi connectivity index (χ2v) is 5.31. The van der Waals surface area contributed by atoms with Crippen molar-refractivity contribution in [2.24, 2.45) is 0 Å². The number of piperazine rings is 1. The lowest BCUT2D eigenvalue weighted by atomic mass is 9.95. The van der Waals surface area contributed by atoms with Crippen LogP contribution >= 0.6 is 0 Å². The van der Waals surface area contributed by atoms with E-state index in [1.165, 1.54) is 0 Å². The van der Waals surface area contributed by atoms with Gasteiger partial charge in [-0.05, 0) is 38.1 Å². The Morgan fingerprint density at radius 1 is 1.44 bits per heavy atom. The van der Waals surface area contributed by atoms with Crippen LogP contribution in [0.1, 0.15) is 19.4 Å². The predicted octanol–water partition coefficient (Wildman–Crippen LogP) is 1.11. The zero-order valence-corrected chi connectivity index (χ0v) is 10.8. The van der Waals surface area contributed by atoms with Crippen LogP contribution in [0.4, 0.5) is 5.69 Å². The zero-order valence-electron chi connectivity index (χ0n) is 10.8. The van der Waals surface area contributed by atoms with Crippen molar-refractivity contribution in [2.75, 3.05) is 24.6 Å². The third-order valence-electron chi connectivity index (χ3n) is 3.44. The molecule has 96 valence electrons. The van der Waals surface area contributed by atoms with Gasteiger partial charge >= 0.3 is 0 Å². The first kappa shape index (κ1) is 12.9. The molecule has 0 aromatic heterocycles. The fraction of sp³-hybridized carbons (Fsp3) is 0.500. The molecule has 1 aliphatic heterocycles. The Kier molecular flexibility index (Phi) is 3.55. The highest BCUT2D eigenvalue weighted by atomic mass is 16.3. The van der Waals surface area contributed by atoms with Gasteiger partial charge in [-0.25, -0.2) is 0 Å². The van der Waals surface area contributed by atoms with E-state index in [-0.39, 0.29) is 18.2 Å². The maximum Gasteiger partial charge on any atom is 0.0991 e. The van der Waals surface area contributed by atoms with Gasteiger partial charge in [-0.2, -0.15) is 5.26 Å². The van der Waals surface area contributed by atoms with Gasteiger partial charge in [-0.15, -0.1) is 0 Å². The molecule has 4 heteroatoms. The van der Waals surface area contributed by atoms with E-state index in [9.17, 15) is 5.11 Å². The molecule has 1 aromatic carbocycles. The van der Waals surface area contributed by atoms with Crippen molar-refractivity contribution in [1.29, 1.82) is 5.26 Å². The molecule has 1 atom stereocenters. The minimum Gasteiger partial charge on any atom is -0.394 e. The number of benzene rings is 1. The summed E-state index contributed by atoms with van der Waals surface area (Å²) in [6.07, 6.45) is 0. The Labute approximate surface area is 108 Å². The lowest BCUT2D eigenvalue weighted by Crippen LogP contribution is -2.64. The third-order valence-corrected chi connectivity index (χ3v) is 3.44. The quantitative estimate of drug-likeness (QED) is 0.819. The van der Waals surface area contributed by atoms with Crippen molar-refractivity contribution >= 4 is 5.69 Å². The predicted molar refractivity (Wildman–Crippen MR) is 71.5 cm³/mol. The molecule has 1 heterocycles. The minimum absolute atomic E-state index is 0.0557. The van der Waals surface area contributed by atoms with E-state index in [0.29, 0.717) is 5.56 Å². The molecule has 4 nitrogen and oxygen atoms in total. The number of hydrogen-bond acceptors (Lipinski definition) is 4. The largest absolute Gasteiger partial charge is 0.394 e. The van der Waals surface area contributed by atoms with Gasteiger partial charge in [0.2, 0.25) is 0 Å². The molecule has 1 unspecified atom stereocenters. The Morgan fingerprint density at radius 2 is 2.11 bits per heavy atom. The molecule has 0 amide bonds. The molecule has 0 aliphatic carbocycles. The number of nitriles is 1. The van der Waals surface area contributed by atoms with Crippen molar-refractivity contribution in [2.45, 2.75) is 25.4 Å². The van der Waals surface area contributed by atoms with Crippen LogP contribution in [0.5, 0.6) is 0 Å². The summed E-state index contributed by atoms with van der Waals surface area (Å²) >= 11 is 0. The van der Waals surface area contributed by atoms with Crippen molar-refractivity contribution < 1.29 is 5.11 Å². The Bertz CT molecular complexity index is 447. The van der Waals surface area contributed by atoms with E-state index in [1.54, 1.807) is 0 Å². The van der Waals surface area contributed by atoms with E-state index < -0.39 is 0 Å². The second kappa shape index (κ2) is 4.97. The Balaban J connectivity index is 2.34. The van der Waals surface area contributed by atoms with Crippen LogP contribution < -0.4 is 10.2 Å². The number of nitrogens with one attached hydrogen (secondary N) is 1. The van der Waals surface area contributed by atoms with E-state index in [4.69, 9.17) is 5.26 Å². The topological polar surface area (TPSA) is 59.3 Å². The van der Waals surface area contributed by atoms with Crippen LogP contribution in [-0.2, 0) is 0 Å². The molecule has 1 aromatic rings. The van der Waals surface area contributed by atoms with Crippen LogP contribution in [-0.4, -0.2) is 36.4 Å². The maximum absolute atomic E-state index is 9.52. The summed E-state index contributed by atoms with van der Waals surface area (Å²) in [5.41, 5.74) is 1.66. The molecule has 18 heavy (non-hydrogen) atoms. The molecule has 1 saturated heterocycles. The van der Waals surface area contributed by atoms with E-state index in [2.05, 4.69) is 30.1 Å². The zero-order chi connectivity index (χ0) is 13.2. The summed E-state index contributed by atoms with van der Waals surface area (Å²) in [6.45, 7) is 6.08. The third kappa shape index (κ3) is 2.33. The molecule has 2 rings (SSSR count). The summed E-state index contributed by atoms with van der Waals surface area (Å²) < 4.78 is 0. The summed E-state index contributed by atoms with van der Waals surface area (Å²) in [5.74, 6) is 0. The summed E-state index contributed by atoms with van der Waals surface area (Å²) in [7, 11) is 0. The van der Waals surface area contributed by atoms with Crippen molar-refractivity contribution in [3.63, 3.8) is 0 Å². The number of hydrogen-bond donors (Lipinski definition) is 2. The molecule has 1 fully saturated rings. The normalized spacial score (nSPS) is 22.6. The van der Waals surface area contributed by atoms with Crippen LogP contribution in [0.25, 0.3) is 0 Å². The van der Waals surface area contributed by atoms with Gasteiger partial charge in [-0.3, -0.25) is 0 Å². The number of aliphatic hydroxyl groups excluding tert-OH is 1. The standard InChI is InChI=1S/C14H19N3O/c1-14(2)10-16-8-13(9-18)17(14)12-5-3-11(7-15)4-6-12/h3-6,13,16,18H,8-10H2,1-2H3. The fourth-order valence-corrected chi connectivity index (χ4v) is 2.62. The van der Waals surface area contributed by atoms with Crippen molar-refractivity contribution in [3.8, 4) is 6.07 Å². The highest BCUT2D eigenvalue weighted by molar-refractivity contribution is 5.53. The Morgan fingerprint density at radius 3 is 2.67 bits per heavy atom. The van der Waals surface area contributed by atoms with Crippen LogP contribution in [0.3, 0.4) is 0 Å². The summed E-state index contributed by atoms with van der Waals surface area (Å²) in [6, 6.07) is 9.74. The van der Waals surface area contributed by atoms with E-state index in [0.717, 1.165) is 18.8 Å². The average molecular weight is 245 g/mol. The summed E-state index contributed by atoms with van der Waals surface area (Å²) in [5, 5.41) is 21.7. The van der Waals surface area contributed by atoms with Crippen LogP contribution in [0.2, 0.25) is 0 Å². The van der Waals surface area contributed by atoms with Gasteiger partial charge in [0, 0.05) is 24.3 Å². The summed E-state index contributed by atoms with van der Waals surface area (Å²) in [4.78, 5) is 2.24. The average Bonchev–Trinajstić information content (AvgIpc) is 2.37. The first-order chi connectivity index (χ1) is 8.58. The van der Waals surface area contributed by atoms with E-state index in [1.807, 2.05) is 24.3 Å². The second-order valence-electron chi connectivity index (χ2n) is 5.31. The smallest absolute Gasteiger partial charge is 0.0991 e. The molecule has 0 saturated carbocycles. The molecular weight excluding hydrogens is 226 g/mol. The molecule has 1 aliphatic rings. The minimum atomic E-state index is -0.0557. The number of rotatable bonds is 2. The lowest BCUT2D eigenvalue weighted by Gasteiger charge is -2.49. The molecule has 0 radical (unpaired) electrons. The van der Waals surface area contributed by atoms with Gasteiger partial charge in [0.1, 0.15) is 0 Å². The first-order valence-corrected chi connectivity index (χ1v) is 6.19. The number of nitrogens with zero attached hydrogens (tertiary/aromatic N) is 2. The van der Waals surface area contributed by atoms with Crippen LogP contribution in [0.15, 0.2) is 24.3 Å². The van der Waals surface area contributed by atoms with Crippen LogP contribution in [0, 0.1) is 11.3 Å². The van der Waals surface area contributed by atoms with Gasteiger partial charge < -0.3 is 15.3 Å². The van der Waals surface area contributed by atoms with Gasteiger partial charge in [0.15, 0.2) is 0 Å². The molecule has 0 spiro atoms. The lowest BCUT2D eigenvalue weighted by molar-refractivity contribution is 0.212. The molecular formula is C14H19N3O. The number of anilines is 1. The highest BCUT2D eigenvalue weighted by Gasteiger charge is 2.35. The van der Waals surface area contributed by atoms with Gasteiger partial charge in [0.05, 0.1) is 24.3 Å². The maximum atomic E-state index is 9.52. The monoisotopic (exact) mass is 245 g/mol. The highest BCUT2D eigenvalue weighted by Crippen LogP contribution is 2.28. The molecule has 0 bridgehead atoms. The fourth-order valence-electron chi connectivity index (χ4n) is 2.62. The first-order valence-electron chi connectivity index (χ1n) is 6.19. The van der Waals surface area contributed by atoms with Crippen molar-refractivity contribution in [1.82, 2.24) is 5.32 Å². The Hall–Kier alpha value is -1.57. The van der Waals surface area contributed by atoms with E-state index >= 15 is 0 Å². The number of aliphatic hydroxyl groups is 1. The van der Waals surface area contributed by atoms with Crippen molar-refractivity contribution in [3.05, 3.63) is 29.8 Å². The van der Waals surface area contributed by atoms with Gasteiger partial charge in [-0.1, -0.05) is 0 Å².